The van der Waals surface area contributed by atoms with Crippen molar-refractivity contribution in [2.75, 3.05) is 6.61 Å². The third kappa shape index (κ3) is 4.56. The fourth-order valence-electron chi connectivity index (χ4n) is 3.73. The summed E-state index contributed by atoms with van der Waals surface area (Å²) in [5, 5.41) is 0. The lowest BCUT2D eigenvalue weighted by molar-refractivity contribution is -0.139. The number of fused-ring (bicyclic) bond motifs is 1. The Morgan fingerprint density at radius 2 is 1.91 bits per heavy atom. The summed E-state index contributed by atoms with van der Waals surface area (Å²) >= 11 is 1.24. The molecule has 0 fully saturated rings. The van der Waals surface area contributed by atoms with Crippen LogP contribution in [0.15, 0.2) is 75.7 Å². The lowest BCUT2D eigenvalue weighted by atomic mass is 9.96. The van der Waals surface area contributed by atoms with Gasteiger partial charge < -0.3 is 9.47 Å². The number of hydrogen-bond acceptors (Lipinski definition) is 7. The molecule has 0 bridgehead atoms. The van der Waals surface area contributed by atoms with Gasteiger partial charge in [-0.1, -0.05) is 53.8 Å². The van der Waals surface area contributed by atoms with E-state index >= 15 is 0 Å². The molecule has 0 aliphatic carbocycles. The van der Waals surface area contributed by atoms with Crippen molar-refractivity contribution >= 4 is 29.4 Å². The molecular weight excluding hydrogens is 440 g/mol. The first-order valence-electron chi connectivity index (χ1n) is 10.4. The lowest BCUT2D eigenvalue weighted by Gasteiger charge is -2.24. The summed E-state index contributed by atoms with van der Waals surface area (Å²) in [5.74, 6) is -0.515. The van der Waals surface area contributed by atoms with Crippen molar-refractivity contribution in [3.05, 3.63) is 96.7 Å². The molecule has 0 unspecified atom stereocenters. The number of carbonyl (C=O) groups is 2. The van der Waals surface area contributed by atoms with E-state index in [4.69, 9.17) is 9.47 Å². The third-order valence-corrected chi connectivity index (χ3v) is 6.03. The van der Waals surface area contributed by atoms with Gasteiger partial charge in [0.15, 0.2) is 4.80 Å². The van der Waals surface area contributed by atoms with Gasteiger partial charge in [-0.15, -0.1) is 0 Å². The fraction of sp³-hybridized carbons (Fsp3) is 0.200. The van der Waals surface area contributed by atoms with Crippen LogP contribution in [0.3, 0.4) is 0 Å². The third-order valence-electron chi connectivity index (χ3n) is 5.05. The minimum atomic E-state index is -0.643. The highest BCUT2D eigenvalue weighted by Crippen LogP contribution is 2.30. The molecule has 0 radical (unpaired) electrons. The van der Waals surface area contributed by atoms with Gasteiger partial charge in [0.25, 0.3) is 5.56 Å². The second-order valence-electron chi connectivity index (χ2n) is 7.38. The number of esters is 2. The Hall–Kier alpha value is -3.78. The predicted octanol–water partition coefficient (Wildman–Crippen LogP) is 2.72. The van der Waals surface area contributed by atoms with Gasteiger partial charge in [0.05, 0.1) is 28.5 Å². The van der Waals surface area contributed by atoms with Crippen molar-refractivity contribution in [2.24, 2.45) is 4.99 Å². The van der Waals surface area contributed by atoms with Gasteiger partial charge in [-0.2, -0.15) is 0 Å². The van der Waals surface area contributed by atoms with Crippen LogP contribution in [0.5, 0.6) is 5.75 Å². The van der Waals surface area contributed by atoms with Crippen molar-refractivity contribution in [3.8, 4) is 5.75 Å². The lowest BCUT2D eigenvalue weighted by Crippen LogP contribution is -2.39. The molecule has 0 spiro atoms. The fourth-order valence-corrected chi connectivity index (χ4v) is 4.77. The molecule has 2 heterocycles. The minimum Gasteiger partial charge on any atom is -0.463 e. The van der Waals surface area contributed by atoms with E-state index in [1.807, 2.05) is 36.4 Å². The van der Waals surface area contributed by atoms with Crippen LogP contribution in [-0.2, 0) is 14.3 Å². The Morgan fingerprint density at radius 3 is 2.61 bits per heavy atom. The van der Waals surface area contributed by atoms with Crippen molar-refractivity contribution in [1.82, 2.24) is 4.57 Å². The molecular formula is C25H22N2O5S. The normalized spacial score (nSPS) is 15.6. The highest BCUT2D eigenvalue weighted by Gasteiger charge is 2.33. The molecule has 1 aliphatic rings. The highest BCUT2D eigenvalue weighted by molar-refractivity contribution is 7.07. The standard InChI is InChI=1S/C25H22N2O5S/c1-4-31-24(30)21-15(2)26-25-27(22(21)18-10-6-5-7-11-18)23(29)20(33-25)14-17-9-8-12-19(13-17)32-16(3)28/h5-14,22H,4H2,1-3H3/b20-14-/t22-/m0/s1. The van der Waals surface area contributed by atoms with Crippen LogP contribution in [0, 0.1) is 0 Å². The Balaban J connectivity index is 1.89. The average Bonchev–Trinajstić information content (AvgIpc) is 3.08. The second-order valence-corrected chi connectivity index (χ2v) is 8.39. The molecule has 168 valence electrons. The van der Waals surface area contributed by atoms with Crippen LogP contribution in [0.1, 0.15) is 37.9 Å². The van der Waals surface area contributed by atoms with E-state index in [0.717, 1.165) is 5.56 Å². The predicted molar refractivity (Wildman–Crippen MR) is 125 cm³/mol. The number of rotatable bonds is 5. The molecule has 1 atom stereocenters. The van der Waals surface area contributed by atoms with Gasteiger partial charge >= 0.3 is 11.9 Å². The number of allylic oxidation sites excluding steroid dienone is 1. The summed E-state index contributed by atoms with van der Waals surface area (Å²) in [4.78, 5) is 42.7. The van der Waals surface area contributed by atoms with Gasteiger partial charge in [-0.05, 0) is 43.2 Å². The zero-order chi connectivity index (χ0) is 23.5. The Kier molecular flexibility index (Phi) is 6.37. The first-order valence-corrected chi connectivity index (χ1v) is 11.2. The molecule has 0 amide bonds. The van der Waals surface area contributed by atoms with Gasteiger partial charge in [0.2, 0.25) is 0 Å². The highest BCUT2D eigenvalue weighted by atomic mass is 32.1. The maximum absolute atomic E-state index is 13.5. The van der Waals surface area contributed by atoms with Crippen LogP contribution in [0.2, 0.25) is 0 Å². The molecule has 2 aromatic carbocycles. The number of benzene rings is 2. The first kappa shape index (κ1) is 22.4. The van der Waals surface area contributed by atoms with Crippen LogP contribution in [0.4, 0.5) is 0 Å². The van der Waals surface area contributed by atoms with E-state index in [9.17, 15) is 14.4 Å². The van der Waals surface area contributed by atoms with Crippen molar-refractivity contribution in [2.45, 2.75) is 26.8 Å². The van der Waals surface area contributed by atoms with Crippen LogP contribution in [-0.4, -0.2) is 23.1 Å². The van der Waals surface area contributed by atoms with Crippen molar-refractivity contribution < 1.29 is 19.1 Å². The number of nitrogens with zero attached hydrogens (tertiary/aromatic N) is 2. The Morgan fingerprint density at radius 1 is 1.15 bits per heavy atom. The number of carbonyl (C=O) groups excluding carboxylic acids is 2. The summed E-state index contributed by atoms with van der Waals surface area (Å²) in [5.41, 5.74) is 2.10. The first-order chi connectivity index (χ1) is 15.9. The van der Waals surface area contributed by atoms with Crippen molar-refractivity contribution in [1.29, 1.82) is 0 Å². The van der Waals surface area contributed by atoms with E-state index in [2.05, 4.69) is 4.99 Å². The van der Waals surface area contributed by atoms with Crippen molar-refractivity contribution in [3.63, 3.8) is 0 Å². The summed E-state index contributed by atoms with van der Waals surface area (Å²) in [6, 6.07) is 15.6. The van der Waals surface area contributed by atoms with E-state index in [1.165, 1.54) is 18.3 Å². The second kappa shape index (κ2) is 9.38. The molecule has 8 heteroatoms. The zero-order valence-corrected chi connectivity index (χ0v) is 19.2. The van der Waals surface area contributed by atoms with Crippen LogP contribution >= 0.6 is 11.3 Å². The minimum absolute atomic E-state index is 0.222. The maximum atomic E-state index is 13.5. The summed E-state index contributed by atoms with van der Waals surface area (Å²) < 4.78 is 12.4. The smallest absolute Gasteiger partial charge is 0.338 e. The summed E-state index contributed by atoms with van der Waals surface area (Å²) in [7, 11) is 0. The molecule has 4 rings (SSSR count). The number of hydrogen-bond donors (Lipinski definition) is 0. The Bertz CT molecular complexity index is 1430. The SMILES string of the molecule is CCOC(=O)C1=C(C)N=c2s/c(=C\c3cccc(OC(C)=O)c3)c(=O)n2[C@H]1c1ccccc1. The number of ether oxygens (including phenoxy) is 2. The van der Waals surface area contributed by atoms with E-state index in [-0.39, 0.29) is 12.2 Å². The molecule has 0 N–H and O–H groups in total. The zero-order valence-electron chi connectivity index (χ0n) is 18.4. The average molecular weight is 463 g/mol. The van der Waals surface area contributed by atoms with Gasteiger partial charge in [-0.3, -0.25) is 14.2 Å². The summed E-state index contributed by atoms with van der Waals surface area (Å²) in [6.07, 6.45) is 1.72. The van der Waals surface area contributed by atoms with Gasteiger partial charge in [-0.25, -0.2) is 9.79 Å². The van der Waals surface area contributed by atoms with Gasteiger partial charge in [0, 0.05) is 6.92 Å². The molecule has 1 aromatic heterocycles. The molecule has 1 aliphatic heterocycles. The quantitative estimate of drug-likeness (QED) is 0.430. The largest absolute Gasteiger partial charge is 0.463 e. The van der Waals surface area contributed by atoms with Gasteiger partial charge in [0.1, 0.15) is 5.75 Å². The van der Waals surface area contributed by atoms with E-state index in [1.54, 1.807) is 42.7 Å². The molecule has 3 aromatic rings. The molecule has 33 heavy (non-hydrogen) atoms. The monoisotopic (exact) mass is 462 g/mol. The maximum Gasteiger partial charge on any atom is 0.338 e. The van der Waals surface area contributed by atoms with Crippen LogP contribution < -0.4 is 19.6 Å². The molecule has 0 saturated heterocycles. The molecule has 7 nitrogen and oxygen atoms in total. The Labute approximate surface area is 193 Å². The number of thiazole rings is 1. The topological polar surface area (TPSA) is 87.0 Å². The molecule has 0 saturated carbocycles. The number of aromatic nitrogens is 1. The van der Waals surface area contributed by atoms with E-state index in [0.29, 0.717) is 31.9 Å². The summed E-state index contributed by atoms with van der Waals surface area (Å²) in [6.45, 7) is 5.05. The van der Waals surface area contributed by atoms with E-state index < -0.39 is 18.0 Å². The van der Waals surface area contributed by atoms with Crippen LogP contribution in [0.25, 0.3) is 6.08 Å².